The summed E-state index contributed by atoms with van der Waals surface area (Å²) in [6, 6.07) is 5.34. The van der Waals surface area contributed by atoms with Crippen LogP contribution in [0.25, 0.3) is 0 Å². The molecule has 16 heavy (non-hydrogen) atoms. The highest BCUT2D eigenvalue weighted by Gasteiger charge is 2.28. The van der Waals surface area contributed by atoms with Gasteiger partial charge in [-0.15, -0.1) is 0 Å². The zero-order chi connectivity index (χ0) is 12.2. The summed E-state index contributed by atoms with van der Waals surface area (Å²) in [6.07, 6.45) is 0. The second-order valence-electron chi connectivity index (χ2n) is 2.95. The van der Waals surface area contributed by atoms with Gasteiger partial charge in [-0.05, 0) is 12.1 Å². The van der Waals surface area contributed by atoms with Crippen LogP contribution < -0.4 is 5.32 Å². The molecule has 1 rings (SSSR count). The summed E-state index contributed by atoms with van der Waals surface area (Å²) in [5.74, 6) is -3.45. The van der Waals surface area contributed by atoms with Crippen molar-refractivity contribution < 1.29 is 22.3 Å². The second kappa shape index (κ2) is 5.22. The molecule has 0 aliphatic rings. The van der Waals surface area contributed by atoms with Gasteiger partial charge in [0.15, 0.2) is 0 Å². The van der Waals surface area contributed by atoms with Gasteiger partial charge in [-0.3, -0.25) is 0 Å². The molecule has 0 aliphatic carbocycles. The fraction of sp³-hybridized carbons (Fsp3) is 0.333. The van der Waals surface area contributed by atoms with Gasteiger partial charge >= 0.3 is 5.76 Å². The highest BCUT2D eigenvalue weighted by molar-refractivity contribution is 7.91. The van der Waals surface area contributed by atoms with Gasteiger partial charge in [-0.2, -0.15) is 8.78 Å². The molecule has 0 unspecified atom stereocenters. The van der Waals surface area contributed by atoms with Crippen LogP contribution in [0.4, 0.5) is 14.5 Å². The van der Waals surface area contributed by atoms with Crippen molar-refractivity contribution >= 4 is 15.5 Å². The Labute approximate surface area is 91.8 Å². The Bertz CT molecular complexity index is 448. The molecule has 2 N–H and O–H groups in total. The molecule has 0 bridgehead atoms. The number of alkyl halides is 2. The third kappa shape index (κ3) is 2.67. The number of para-hydroxylation sites is 1. The topological polar surface area (TPSA) is 66.4 Å². The van der Waals surface area contributed by atoms with E-state index in [2.05, 4.69) is 5.32 Å². The number of sulfone groups is 1. The highest BCUT2D eigenvalue weighted by atomic mass is 32.2. The first-order valence-corrected chi connectivity index (χ1v) is 6.00. The van der Waals surface area contributed by atoms with E-state index in [-0.39, 0.29) is 18.8 Å². The monoisotopic (exact) mass is 251 g/mol. The van der Waals surface area contributed by atoms with Crippen LogP contribution in [-0.4, -0.2) is 32.4 Å². The maximum absolute atomic E-state index is 12.3. The molecule has 1 aromatic rings. The lowest BCUT2D eigenvalue weighted by molar-refractivity contribution is 0.235. The van der Waals surface area contributed by atoms with E-state index in [1.165, 1.54) is 18.2 Å². The summed E-state index contributed by atoms with van der Waals surface area (Å²) in [5, 5.41) is 11.1. The number of aliphatic hydroxyl groups is 1. The number of hydrogen-bond acceptors (Lipinski definition) is 4. The lowest BCUT2D eigenvalue weighted by Gasteiger charge is -2.10. The predicted octanol–water partition coefficient (Wildman–Crippen LogP) is 1.09. The van der Waals surface area contributed by atoms with Crippen molar-refractivity contribution in [3.8, 4) is 0 Å². The summed E-state index contributed by atoms with van der Waals surface area (Å²) in [5.41, 5.74) is 0.0665. The zero-order valence-corrected chi connectivity index (χ0v) is 9.05. The van der Waals surface area contributed by atoms with Gasteiger partial charge in [-0.25, -0.2) is 8.42 Å². The van der Waals surface area contributed by atoms with Crippen LogP contribution in [0.3, 0.4) is 0 Å². The number of nitrogens with one attached hydrogen (secondary N) is 1. The van der Waals surface area contributed by atoms with E-state index in [9.17, 15) is 17.2 Å². The van der Waals surface area contributed by atoms with Crippen molar-refractivity contribution in [3.63, 3.8) is 0 Å². The summed E-state index contributed by atoms with van der Waals surface area (Å²) in [6.45, 7) is -0.126. The van der Waals surface area contributed by atoms with Crippen molar-refractivity contribution in [2.45, 2.75) is 10.7 Å². The van der Waals surface area contributed by atoms with E-state index in [1.54, 1.807) is 0 Å². The van der Waals surface area contributed by atoms with Gasteiger partial charge in [0, 0.05) is 6.54 Å². The Morgan fingerprint density at radius 3 is 2.50 bits per heavy atom. The molecule has 90 valence electrons. The van der Waals surface area contributed by atoms with Crippen molar-refractivity contribution in [1.29, 1.82) is 0 Å². The van der Waals surface area contributed by atoms with Crippen molar-refractivity contribution in [2.75, 3.05) is 18.5 Å². The van der Waals surface area contributed by atoms with Crippen molar-refractivity contribution in [3.05, 3.63) is 24.3 Å². The summed E-state index contributed by atoms with van der Waals surface area (Å²) < 4.78 is 47.2. The molecule has 0 atom stereocenters. The van der Waals surface area contributed by atoms with Crippen LogP contribution in [0.1, 0.15) is 0 Å². The van der Waals surface area contributed by atoms with E-state index < -0.39 is 20.5 Å². The third-order valence-corrected chi connectivity index (χ3v) is 3.29. The first-order valence-electron chi connectivity index (χ1n) is 4.46. The molecule has 0 fully saturated rings. The van der Waals surface area contributed by atoms with E-state index in [4.69, 9.17) is 5.11 Å². The number of benzene rings is 1. The van der Waals surface area contributed by atoms with Gasteiger partial charge in [0.05, 0.1) is 17.2 Å². The maximum atomic E-state index is 12.3. The summed E-state index contributed by atoms with van der Waals surface area (Å²) in [4.78, 5) is -0.460. The standard InChI is InChI=1S/C9H11F2NO3S/c10-9(11)16(14,15)8-4-2-1-3-7(8)12-5-6-13/h1-4,9,12-13H,5-6H2. The molecule has 7 heteroatoms. The smallest absolute Gasteiger partial charge is 0.341 e. The minimum Gasteiger partial charge on any atom is -0.395 e. The molecule has 0 spiro atoms. The minimum atomic E-state index is -4.62. The van der Waals surface area contributed by atoms with Crippen LogP contribution in [0.2, 0.25) is 0 Å². The van der Waals surface area contributed by atoms with Crippen LogP contribution in [0.15, 0.2) is 29.2 Å². The van der Waals surface area contributed by atoms with E-state index in [0.717, 1.165) is 6.07 Å². The van der Waals surface area contributed by atoms with Crippen LogP contribution in [-0.2, 0) is 9.84 Å². The van der Waals surface area contributed by atoms with Gasteiger partial charge < -0.3 is 10.4 Å². The Morgan fingerprint density at radius 2 is 1.94 bits per heavy atom. The molecule has 1 aromatic carbocycles. The van der Waals surface area contributed by atoms with Gasteiger partial charge in [-0.1, -0.05) is 12.1 Å². The normalized spacial score (nSPS) is 11.8. The molecule has 0 heterocycles. The van der Waals surface area contributed by atoms with Crippen molar-refractivity contribution in [2.24, 2.45) is 0 Å². The Balaban J connectivity index is 3.13. The van der Waals surface area contributed by atoms with Gasteiger partial charge in [0.1, 0.15) is 0 Å². The van der Waals surface area contributed by atoms with Crippen LogP contribution >= 0.6 is 0 Å². The largest absolute Gasteiger partial charge is 0.395 e. The molecule has 0 amide bonds. The molecule has 4 nitrogen and oxygen atoms in total. The Hall–Kier alpha value is -1.21. The lowest BCUT2D eigenvalue weighted by Crippen LogP contribution is -2.15. The first kappa shape index (κ1) is 12.9. The summed E-state index contributed by atoms with van der Waals surface area (Å²) >= 11 is 0. The van der Waals surface area contributed by atoms with Crippen molar-refractivity contribution in [1.82, 2.24) is 0 Å². The minimum absolute atomic E-state index is 0.0665. The quantitative estimate of drug-likeness (QED) is 0.822. The molecular weight excluding hydrogens is 240 g/mol. The number of aliphatic hydroxyl groups excluding tert-OH is 1. The fourth-order valence-corrected chi connectivity index (χ4v) is 2.05. The lowest BCUT2D eigenvalue weighted by atomic mass is 10.3. The zero-order valence-electron chi connectivity index (χ0n) is 8.23. The van der Waals surface area contributed by atoms with Crippen LogP contribution in [0.5, 0.6) is 0 Å². The average Bonchev–Trinajstić information content (AvgIpc) is 2.26. The number of halogens is 2. The number of hydrogen-bond donors (Lipinski definition) is 2. The Kier molecular flexibility index (Phi) is 4.19. The summed E-state index contributed by atoms with van der Waals surface area (Å²) in [7, 11) is -4.62. The third-order valence-electron chi connectivity index (χ3n) is 1.86. The van der Waals surface area contributed by atoms with E-state index in [0.29, 0.717) is 0 Å². The molecule has 0 saturated carbocycles. The number of anilines is 1. The highest BCUT2D eigenvalue weighted by Crippen LogP contribution is 2.25. The predicted molar refractivity (Wildman–Crippen MR) is 55.2 cm³/mol. The molecule has 0 saturated heterocycles. The van der Waals surface area contributed by atoms with E-state index in [1.807, 2.05) is 0 Å². The molecule has 0 radical (unpaired) electrons. The molecule has 0 aromatic heterocycles. The fourth-order valence-electron chi connectivity index (χ4n) is 1.15. The SMILES string of the molecule is O=S(=O)(c1ccccc1NCCO)C(F)F. The second-order valence-corrected chi connectivity index (χ2v) is 4.84. The Morgan fingerprint density at radius 1 is 1.31 bits per heavy atom. The average molecular weight is 251 g/mol. The number of rotatable bonds is 5. The van der Waals surface area contributed by atoms with Gasteiger partial charge in [0.25, 0.3) is 0 Å². The first-order chi connectivity index (χ1) is 7.50. The molecule has 0 aliphatic heterocycles. The molecular formula is C9H11F2NO3S. The maximum Gasteiger partial charge on any atom is 0.341 e. The van der Waals surface area contributed by atoms with E-state index >= 15 is 0 Å². The van der Waals surface area contributed by atoms with Crippen LogP contribution in [0, 0.1) is 0 Å². The van der Waals surface area contributed by atoms with Gasteiger partial charge in [0.2, 0.25) is 9.84 Å².